The maximum atomic E-state index is 12.0. The summed E-state index contributed by atoms with van der Waals surface area (Å²) in [6.07, 6.45) is 3.06. The van der Waals surface area contributed by atoms with Gasteiger partial charge in [0.25, 0.3) is 0 Å². The van der Waals surface area contributed by atoms with Crippen LogP contribution in [0.25, 0.3) is 16.6 Å². The van der Waals surface area contributed by atoms with Crippen molar-refractivity contribution >= 4 is 23.4 Å². The number of rotatable bonds is 6. The first-order valence-electron chi connectivity index (χ1n) is 8.54. The molecular weight excluding hydrogens is 378 g/mol. The molecule has 2 heterocycles. The molecule has 28 heavy (non-hydrogen) atoms. The smallest absolute Gasteiger partial charge is 0.331 e. The van der Waals surface area contributed by atoms with Gasteiger partial charge in [0.2, 0.25) is 6.79 Å². The van der Waals surface area contributed by atoms with Crippen molar-refractivity contribution in [3.05, 3.63) is 65.2 Å². The zero-order chi connectivity index (χ0) is 19.3. The van der Waals surface area contributed by atoms with Gasteiger partial charge < -0.3 is 18.9 Å². The summed E-state index contributed by atoms with van der Waals surface area (Å²) in [5.74, 6) is 1.71. The number of ether oxygens (including phenoxy) is 4. The van der Waals surface area contributed by atoms with Gasteiger partial charge in [0.15, 0.2) is 11.5 Å². The van der Waals surface area contributed by atoms with Gasteiger partial charge in [-0.2, -0.15) is 0 Å². The van der Waals surface area contributed by atoms with Crippen LogP contribution in [0.2, 0.25) is 0 Å². The van der Waals surface area contributed by atoms with Crippen LogP contribution in [0.15, 0.2) is 53.9 Å². The minimum atomic E-state index is -0.436. The van der Waals surface area contributed by atoms with Gasteiger partial charge in [-0.05, 0) is 35.9 Å². The fourth-order valence-corrected chi connectivity index (χ4v) is 3.44. The first-order valence-corrected chi connectivity index (χ1v) is 9.42. The highest BCUT2D eigenvalue weighted by Gasteiger charge is 2.12. The second-order valence-electron chi connectivity index (χ2n) is 5.93. The number of methoxy groups -OCH3 is 1. The van der Waals surface area contributed by atoms with E-state index in [4.69, 9.17) is 18.9 Å². The second kappa shape index (κ2) is 8.14. The van der Waals surface area contributed by atoms with Gasteiger partial charge in [-0.15, -0.1) is 11.3 Å². The molecule has 2 aromatic carbocycles. The van der Waals surface area contributed by atoms with Crippen LogP contribution in [0.5, 0.6) is 17.2 Å². The van der Waals surface area contributed by atoms with Crippen LogP contribution in [0.3, 0.4) is 0 Å². The molecule has 142 valence electrons. The van der Waals surface area contributed by atoms with E-state index in [-0.39, 0.29) is 13.4 Å². The Kier molecular flexibility index (Phi) is 5.25. The topological polar surface area (TPSA) is 66.9 Å². The van der Waals surface area contributed by atoms with Crippen molar-refractivity contribution in [2.75, 3.05) is 13.9 Å². The zero-order valence-corrected chi connectivity index (χ0v) is 15.9. The van der Waals surface area contributed by atoms with Gasteiger partial charge in [-0.25, -0.2) is 9.78 Å². The first-order chi connectivity index (χ1) is 13.7. The van der Waals surface area contributed by atoms with E-state index in [0.29, 0.717) is 17.2 Å². The molecular formula is C21H17NO5S. The summed E-state index contributed by atoms with van der Waals surface area (Å²) in [5.41, 5.74) is 2.49. The van der Waals surface area contributed by atoms with Crippen LogP contribution in [0, 0.1) is 0 Å². The van der Waals surface area contributed by atoms with Crippen molar-refractivity contribution in [3.63, 3.8) is 0 Å². The van der Waals surface area contributed by atoms with Gasteiger partial charge >= 0.3 is 5.97 Å². The minimum absolute atomic E-state index is 0.116. The van der Waals surface area contributed by atoms with Gasteiger partial charge in [-0.1, -0.05) is 18.2 Å². The number of hydrogen-bond donors (Lipinski definition) is 0. The van der Waals surface area contributed by atoms with E-state index in [9.17, 15) is 4.79 Å². The Labute approximate surface area is 166 Å². The van der Waals surface area contributed by atoms with Crippen LogP contribution < -0.4 is 14.2 Å². The van der Waals surface area contributed by atoms with Crippen LogP contribution in [-0.4, -0.2) is 24.9 Å². The minimum Gasteiger partial charge on any atom is -0.497 e. The lowest BCUT2D eigenvalue weighted by Gasteiger charge is -2.01. The molecule has 3 aromatic rings. The Hall–Kier alpha value is -3.32. The third-order valence-corrected chi connectivity index (χ3v) is 4.98. The number of carbonyl (C=O) groups excluding carboxylic acids is 1. The molecule has 0 spiro atoms. The number of aromatic nitrogens is 1. The Balaban J connectivity index is 1.34. The van der Waals surface area contributed by atoms with Gasteiger partial charge in [0, 0.05) is 17.0 Å². The number of nitrogens with zero attached hydrogens (tertiary/aromatic N) is 1. The van der Waals surface area contributed by atoms with Crippen molar-refractivity contribution in [1.29, 1.82) is 0 Å². The molecule has 0 aliphatic carbocycles. The molecule has 0 unspecified atom stereocenters. The van der Waals surface area contributed by atoms with Crippen LogP contribution in [0.1, 0.15) is 11.3 Å². The maximum Gasteiger partial charge on any atom is 0.331 e. The van der Waals surface area contributed by atoms with Gasteiger partial charge in [0.05, 0.1) is 12.8 Å². The fourth-order valence-electron chi connectivity index (χ4n) is 2.64. The van der Waals surface area contributed by atoms with E-state index in [1.165, 1.54) is 17.4 Å². The lowest BCUT2D eigenvalue weighted by Crippen LogP contribution is -2.01. The van der Waals surface area contributed by atoms with E-state index in [1.54, 1.807) is 13.2 Å². The highest BCUT2D eigenvalue weighted by Crippen LogP contribution is 2.32. The Morgan fingerprint density at radius 3 is 3.00 bits per heavy atom. The van der Waals surface area contributed by atoms with E-state index in [0.717, 1.165) is 21.9 Å². The van der Waals surface area contributed by atoms with Crippen LogP contribution in [-0.2, 0) is 16.1 Å². The van der Waals surface area contributed by atoms with Crippen molar-refractivity contribution in [3.8, 4) is 27.8 Å². The molecule has 0 saturated carbocycles. The molecule has 1 aliphatic rings. The van der Waals surface area contributed by atoms with Gasteiger partial charge in [0.1, 0.15) is 17.4 Å². The Morgan fingerprint density at radius 2 is 2.11 bits per heavy atom. The van der Waals surface area contributed by atoms with E-state index < -0.39 is 5.97 Å². The fraction of sp³-hybridized carbons (Fsp3) is 0.143. The summed E-state index contributed by atoms with van der Waals surface area (Å²) in [7, 11) is 1.63. The van der Waals surface area contributed by atoms with Crippen molar-refractivity contribution in [1.82, 2.24) is 4.98 Å². The first kappa shape index (κ1) is 18.1. The number of fused-ring (bicyclic) bond motifs is 1. The van der Waals surface area contributed by atoms with E-state index in [2.05, 4.69) is 4.98 Å². The molecule has 0 N–H and O–H groups in total. The third-order valence-electron chi connectivity index (χ3n) is 4.04. The van der Waals surface area contributed by atoms with Gasteiger partial charge in [-0.3, -0.25) is 0 Å². The molecule has 1 aromatic heterocycles. The lowest BCUT2D eigenvalue weighted by atomic mass is 10.2. The highest BCUT2D eigenvalue weighted by atomic mass is 32.1. The SMILES string of the molecule is COc1cccc(-c2nc(COC(=O)/C=C/c3ccc4c(c3)OCO4)cs2)c1. The average Bonchev–Trinajstić information content (AvgIpc) is 3.39. The van der Waals surface area contributed by atoms with E-state index >= 15 is 0 Å². The molecule has 0 fully saturated rings. The lowest BCUT2D eigenvalue weighted by molar-refractivity contribution is -0.139. The molecule has 0 bridgehead atoms. The standard InChI is InChI=1S/C21H17NO5S/c1-24-17-4-2-3-15(10-17)21-22-16(12-28-21)11-25-20(23)8-6-14-5-7-18-19(9-14)27-13-26-18/h2-10,12H,11,13H2,1H3/b8-6+. The molecule has 0 atom stereocenters. The number of benzene rings is 2. The average molecular weight is 395 g/mol. The third kappa shape index (κ3) is 4.15. The van der Waals surface area contributed by atoms with Crippen molar-refractivity contribution in [2.45, 2.75) is 6.61 Å². The number of hydrogen-bond acceptors (Lipinski definition) is 7. The number of thiazole rings is 1. The quantitative estimate of drug-likeness (QED) is 0.458. The molecule has 1 aliphatic heterocycles. The van der Waals surface area contributed by atoms with Crippen LogP contribution in [0.4, 0.5) is 0 Å². The Morgan fingerprint density at radius 1 is 1.21 bits per heavy atom. The maximum absolute atomic E-state index is 12.0. The molecule has 0 saturated heterocycles. The second-order valence-corrected chi connectivity index (χ2v) is 6.79. The van der Waals surface area contributed by atoms with Crippen molar-refractivity contribution in [2.24, 2.45) is 0 Å². The number of carbonyl (C=O) groups is 1. The number of esters is 1. The summed E-state index contributed by atoms with van der Waals surface area (Å²) < 4.78 is 21.1. The summed E-state index contributed by atoms with van der Waals surface area (Å²) in [6.45, 7) is 0.334. The predicted octanol–water partition coefficient (Wildman–Crippen LogP) is 4.30. The molecule has 0 radical (unpaired) electrons. The van der Waals surface area contributed by atoms with Crippen LogP contribution >= 0.6 is 11.3 Å². The predicted molar refractivity (Wildman–Crippen MR) is 105 cm³/mol. The summed E-state index contributed by atoms with van der Waals surface area (Å²) in [6, 6.07) is 13.1. The molecule has 4 rings (SSSR count). The highest BCUT2D eigenvalue weighted by molar-refractivity contribution is 7.13. The summed E-state index contributed by atoms with van der Waals surface area (Å²) >= 11 is 1.49. The van der Waals surface area contributed by atoms with E-state index in [1.807, 2.05) is 47.8 Å². The zero-order valence-electron chi connectivity index (χ0n) is 15.1. The molecule has 6 nitrogen and oxygen atoms in total. The van der Waals surface area contributed by atoms with Crippen molar-refractivity contribution < 1.29 is 23.7 Å². The largest absolute Gasteiger partial charge is 0.497 e. The summed E-state index contributed by atoms with van der Waals surface area (Å²) in [5, 5.41) is 2.73. The monoisotopic (exact) mass is 395 g/mol. The molecule has 7 heteroatoms. The molecule has 0 amide bonds. The normalized spacial score (nSPS) is 12.3. The Bertz CT molecular complexity index is 1030. The summed E-state index contributed by atoms with van der Waals surface area (Å²) in [4.78, 5) is 16.5.